The van der Waals surface area contributed by atoms with Crippen LogP contribution in [0.2, 0.25) is 0 Å². The molecule has 1 N–H and O–H groups in total. The van der Waals surface area contributed by atoms with Crippen molar-refractivity contribution in [2.75, 3.05) is 13.1 Å². The minimum atomic E-state index is -0.796. The maximum atomic E-state index is 11.7. The predicted octanol–water partition coefficient (Wildman–Crippen LogP) is 3.11. The summed E-state index contributed by atoms with van der Waals surface area (Å²) in [6.07, 6.45) is 1.66. The van der Waals surface area contributed by atoms with Gasteiger partial charge in [-0.05, 0) is 31.5 Å². The molecule has 2 rings (SSSR count). The summed E-state index contributed by atoms with van der Waals surface area (Å²) in [5, 5.41) is 9.58. The molecule has 1 fully saturated rings. The maximum absolute atomic E-state index is 11.7. The first kappa shape index (κ1) is 14.7. The standard InChI is InChI=1S/C13H17NO2.C2H6/c1-2-14-10-6-9-13(14,12(15)16)11-7-4-3-5-8-11;1-2/h3-5,7-8H,2,6,9-10H2,1H3,(H,15,16);1-2H3. The summed E-state index contributed by atoms with van der Waals surface area (Å²) in [7, 11) is 0. The second-order valence-electron chi connectivity index (χ2n) is 4.21. The normalized spacial score (nSPS) is 23.3. The quantitative estimate of drug-likeness (QED) is 0.894. The Hall–Kier alpha value is -1.35. The lowest BCUT2D eigenvalue weighted by molar-refractivity contribution is -0.150. The van der Waals surface area contributed by atoms with Crippen LogP contribution in [0.25, 0.3) is 0 Å². The van der Waals surface area contributed by atoms with Gasteiger partial charge in [0.25, 0.3) is 0 Å². The lowest BCUT2D eigenvalue weighted by Gasteiger charge is -2.34. The molecule has 3 heteroatoms. The van der Waals surface area contributed by atoms with Crippen molar-refractivity contribution in [3.05, 3.63) is 35.9 Å². The zero-order chi connectivity index (χ0) is 13.6. The Morgan fingerprint density at radius 3 is 2.44 bits per heavy atom. The molecule has 1 aliphatic rings. The van der Waals surface area contributed by atoms with Gasteiger partial charge in [-0.1, -0.05) is 51.1 Å². The number of nitrogens with zero attached hydrogens (tertiary/aromatic N) is 1. The molecule has 0 aromatic heterocycles. The average molecular weight is 249 g/mol. The van der Waals surface area contributed by atoms with Gasteiger partial charge in [-0.25, -0.2) is 4.79 Å². The van der Waals surface area contributed by atoms with Crippen molar-refractivity contribution in [1.29, 1.82) is 0 Å². The fourth-order valence-electron chi connectivity index (χ4n) is 2.71. The highest BCUT2D eigenvalue weighted by molar-refractivity contribution is 5.81. The van der Waals surface area contributed by atoms with Crippen LogP contribution in [0.15, 0.2) is 30.3 Å². The van der Waals surface area contributed by atoms with Gasteiger partial charge in [0.2, 0.25) is 0 Å². The van der Waals surface area contributed by atoms with E-state index in [2.05, 4.69) is 4.90 Å². The molecule has 1 atom stereocenters. The Bertz CT molecular complexity index is 377. The van der Waals surface area contributed by atoms with Gasteiger partial charge in [-0.15, -0.1) is 0 Å². The number of carboxylic acids is 1. The van der Waals surface area contributed by atoms with Gasteiger partial charge in [-0.2, -0.15) is 0 Å². The van der Waals surface area contributed by atoms with Crippen LogP contribution < -0.4 is 0 Å². The van der Waals surface area contributed by atoms with Crippen LogP contribution in [0.3, 0.4) is 0 Å². The molecule has 0 bridgehead atoms. The molecular weight excluding hydrogens is 226 g/mol. The third-order valence-corrected chi connectivity index (χ3v) is 3.49. The van der Waals surface area contributed by atoms with E-state index in [0.717, 1.165) is 25.1 Å². The molecule has 18 heavy (non-hydrogen) atoms. The molecule has 1 heterocycles. The smallest absolute Gasteiger partial charge is 0.328 e. The summed E-state index contributed by atoms with van der Waals surface area (Å²) < 4.78 is 0. The monoisotopic (exact) mass is 249 g/mol. The predicted molar refractivity (Wildman–Crippen MR) is 73.6 cm³/mol. The van der Waals surface area contributed by atoms with Crippen LogP contribution >= 0.6 is 0 Å². The average Bonchev–Trinajstić information content (AvgIpc) is 2.87. The molecular formula is C15H23NO2. The number of likely N-dealkylation sites (tertiary alicyclic amines) is 1. The SMILES string of the molecule is CC.CCN1CCCC1(C(=O)O)c1ccccc1. The van der Waals surface area contributed by atoms with Gasteiger partial charge >= 0.3 is 5.97 Å². The lowest BCUT2D eigenvalue weighted by atomic mass is 9.87. The molecule has 3 nitrogen and oxygen atoms in total. The molecule has 1 unspecified atom stereocenters. The summed E-state index contributed by atoms with van der Waals surface area (Å²) in [6.45, 7) is 7.67. The molecule has 0 spiro atoms. The van der Waals surface area contributed by atoms with Crippen molar-refractivity contribution in [1.82, 2.24) is 4.90 Å². The van der Waals surface area contributed by atoms with Crippen LogP contribution in [-0.2, 0) is 10.3 Å². The molecule has 1 aromatic carbocycles. The van der Waals surface area contributed by atoms with E-state index >= 15 is 0 Å². The maximum Gasteiger partial charge on any atom is 0.328 e. The lowest BCUT2D eigenvalue weighted by Crippen LogP contribution is -2.47. The fraction of sp³-hybridized carbons (Fsp3) is 0.533. The van der Waals surface area contributed by atoms with Gasteiger partial charge in [0.05, 0.1) is 0 Å². The minimum absolute atomic E-state index is 0.709. The van der Waals surface area contributed by atoms with Gasteiger partial charge in [-0.3, -0.25) is 4.90 Å². The summed E-state index contributed by atoms with van der Waals surface area (Å²) in [6, 6.07) is 9.58. The highest BCUT2D eigenvalue weighted by Gasteiger charge is 2.48. The number of carboxylic acid groups (broad SMARTS) is 1. The van der Waals surface area contributed by atoms with Gasteiger partial charge in [0.1, 0.15) is 5.54 Å². The number of benzene rings is 1. The van der Waals surface area contributed by atoms with E-state index in [0.29, 0.717) is 6.42 Å². The van der Waals surface area contributed by atoms with E-state index in [1.165, 1.54) is 0 Å². The Balaban J connectivity index is 0.000000771. The Labute approximate surface area is 109 Å². The summed E-state index contributed by atoms with van der Waals surface area (Å²) >= 11 is 0. The minimum Gasteiger partial charge on any atom is -0.480 e. The molecule has 1 aliphatic heterocycles. The van der Waals surface area contributed by atoms with Gasteiger partial charge in [0.15, 0.2) is 0 Å². The Morgan fingerprint density at radius 2 is 1.94 bits per heavy atom. The summed E-state index contributed by atoms with van der Waals surface area (Å²) in [5.41, 5.74) is 0.109. The number of aliphatic carboxylic acids is 1. The number of likely N-dealkylation sites (N-methyl/N-ethyl adjacent to an activating group) is 1. The number of rotatable bonds is 3. The first-order valence-corrected chi connectivity index (χ1v) is 6.76. The highest BCUT2D eigenvalue weighted by atomic mass is 16.4. The Kier molecular flexibility index (Phi) is 5.35. The zero-order valence-corrected chi connectivity index (χ0v) is 11.5. The van der Waals surface area contributed by atoms with E-state index in [1.54, 1.807) is 0 Å². The topological polar surface area (TPSA) is 40.5 Å². The van der Waals surface area contributed by atoms with Crippen LogP contribution in [-0.4, -0.2) is 29.1 Å². The van der Waals surface area contributed by atoms with Crippen LogP contribution in [0, 0.1) is 0 Å². The number of hydrogen-bond acceptors (Lipinski definition) is 2. The van der Waals surface area contributed by atoms with Crippen molar-refractivity contribution in [3.63, 3.8) is 0 Å². The highest BCUT2D eigenvalue weighted by Crippen LogP contribution is 2.38. The number of carbonyl (C=O) groups is 1. The molecule has 100 valence electrons. The number of hydrogen-bond donors (Lipinski definition) is 1. The van der Waals surface area contributed by atoms with E-state index in [-0.39, 0.29) is 0 Å². The van der Waals surface area contributed by atoms with E-state index in [1.807, 2.05) is 51.1 Å². The van der Waals surface area contributed by atoms with E-state index in [4.69, 9.17) is 0 Å². The molecule has 0 saturated carbocycles. The summed E-state index contributed by atoms with van der Waals surface area (Å²) in [5.74, 6) is -0.724. The third-order valence-electron chi connectivity index (χ3n) is 3.49. The van der Waals surface area contributed by atoms with Crippen LogP contribution in [0.5, 0.6) is 0 Å². The zero-order valence-electron chi connectivity index (χ0n) is 11.5. The summed E-state index contributed by atoms with van der Waals surface area (Å²) in [4.78, 5) is 13.7. The van der Waals surface area contributed by atoms with Crippen molar-refractivity contribution in [3.8, 4) is 0 Å². The fourth-order valence-corrected chi connectivity index (χ4v) is 2.71. The van der Waals surface area contributed by atoms with E-state index in [9.17, 15) is 9.90 Å². The van der Waals surface area contributed by atoms with Crippen molar-refractivity contribution < 1.29 is 9.90 Å². The van der Waals surface area contributed by atoms with Crippen LogP contribution in [0.1, 0.15) is 39.2 Å². The third kappa shape index (κ3) is 2.41. The van der Waals surface area contributed by atoms with Gasteiger partial charge in [0, 0.05) is 0 Å². The molecule has 0 amide bonds. The first-order chi connectivity index (χ1) is 8.71. The molecule has 1 saturated heterocycles. The van der Waals surface area contributed by atoms with Crippen LogP contribution in [0.4, 0.5) is 0 Å². The largest absolute Gasteiger partial charge is 0.480 e. The molecule has 1 aromatic rings. The van der Waals surface area contributed by atoms with Gasteiger partial charge < -0.3 is 5.11 Å². The van der Waals surface area contributed by atoms with Crippen molar-refractivity contribution in [2.45, 2.75) is 39.2 Å². The Morgan fingerprint density at radius 1 is 1.33 bits per heavy atom. The second-order valence-corrected chi connectivity index (χ2v) is 4.21. The van der Waals surface area contributed by atoms with E-state index < -0.39 is 11.5 Å². The first-order valence-electron chi connectivity index (χ1n) is 6.76. The molecule has 0 aliphatic carbocycles. The van der Waals surface area contributed by atoms with Crippen molar-refractivity contribution in [2.24, 2.45) is 0 Å². The molecule has 0 radical (unpaired) electrons. The van der Waals surface area contributed by atoms with Crippen molar-refractivity contribution >= 4 is 5.97 Å². The second kappa shape index (κ2) is 6.55.